The molecule has 0 saturated carbocycles. The zero-order valence-electron chi connectivity index (χ0n) is 6.00. The Labute approximate surface area is 77.7 Å². The minimum Gasteiger partial charge on any atom is -0.492 e. The third-order valence-corrected chi connectivity index (χ3v) is 1.24. The Morgan fingerprint density at radius 1 is 1.18 bits per heavy atom. The summed E-state index contributed by atoms with van der Waals surface area (Å²) in [6.07, 6.45) is 0. The zero-order chi connectivity index (χ0) is 7.23. The molecule has 0 bridgehead atoms. The van der Waals surface area contributed by atoms with Gasteiger partial charge in [0.2, 0.25) is 0 Å². The summed E-state index contributed by atoms with van der Waals surface area (Å²) in [5.74, 6) is 1.41. The Kier molecular flexibility index (Phi) is 6.09. The van der Waals surface area contributed by atoms with Crippen LogP contribution in [0.25, 0.3) is 0 Å². The Morgan fingerprint density at radius 3 is 2.36 bits per heavy atom. The van der Waals surface area contributed by atoms with Crippen LogP contribution >= 0.6 is 24.0 Å². The molecular weight excluding hydrogens is 183 g/mol. The van der Waals surface area contributed by atoms with E-state index in [1.54, 1.807) is 0 Å². The molecule has 0 amide bonds. The van der Waals surface area contributed by atoms with Crippen molar-refractivity contribution in [3.05, 3.63) is 30.3 Å². The van der Waals surface area contributed by atoms with Crippen molar-refractivity contribution in [2.24, 2.45) is 0 Å². The van der Waals surface area contributed by atoms with E-state index in [1.165, 1.54) is 0 Å². The lowest BCUT2D eigenvalue weighted by atomic mass is 10.3. The van der Waals surface area contributed by atoms with Gasteiger partial charge >= 0.3 is 0 Å². The first kappa shape index (κ1) is 10.6. The van der Waals surface area contributed by atoms with Gasteiger partial charge in [-0.05, 0) is 12.1 Å². The predicted molar refractivity (Wildman–Crippen MR) is 49.9 cm³/mol. The normalized spacial score (nSPS) is 8.45. The average Bonchev–Trinajstić information content (AvgIpc) is 2.03. The molecule has 1 aromatic carbocycles. The largest absolute Gasteiger partial charge is 0.492 e. The molecule has 3 heteroatoms. The second kappa shape index (κ2) is 6.32. The highest BCUT2D eigenvalue weighted by Crippen LogP contribution is 2.07. The van der Waals surface area contributed by atoms with Crippen LogP contribution in [-0.2, 0) is 0 Å². The van der Waals surface area contributed by atoms with Gasteiger partial charge in [-0.3, -0.25) is 0 Å². The molecule has 0 atom stereocenters. The maximum absolute atomic E-state index is 5.43. The van der Waals surface area contributed by atoms with Crippen LogP contribution in [0.15, 0.2) is 30.3 Å². The fourth-order valence-corrected chi connectivity index (χ4v) is 0.750. The van der Waals surface area contributed by atoms with Crippen LogP contribution in [0.2, 0.25) is 0 Å². The highest BCUT2D eigenvalue weighted by atomic mass is 35.5. The lowest BCUT2D eigenvalue weighted by molar-refractivity contribution is 0.343. The Morgan fingerprint density at radius 2 is 1.82 bits per heavy atom. The number of hydrogen-bond acceptors (Lipinski definition) is 1. The molecule has 0 unspecified atom stereocenters. The van der Waals surface area contributed by atoms with E-state index in [0.717, 1.165) is 5.75 Å². The lowest BCUT2D eigenvalue weighted by Gasteiger charge is -2.00. The molecule has 11 heavy (non-hydrogen) atoms. The van der Waals surface area contributed by atoms with Gasteiger partial charge < -0.3 is 4.74 Å². The van der Waals surface area contributed by atoms with Gasteiger partial charge in [-0.2, -0.15) is 0 Å². The van der Waals surface area contributed by atoms with Gasteiger partial charge in [-0.15, -0.1) is 24.0 Å². The van der Waals surface area contributed by atoms with Crippen LogP contribution in [0.5, 0.6) is 5.75 Å². The van der Waals surface area contributed by atoms with E-state index in [2.05, 4.69) is 0 Å². The number of para-hydroxylation sites is 1. The van der Waals surface area contributed by atoms with Gasteiger partial charge in [0.05, 0.1) is 5.88 Å². The minimum absolute atomic E-state index is 0. The molecule has 1 rings (SSSR count). The standard InChI is InChI=1S/C8H9ClO.ClH/c9-6-7-10-8-4-2-1-3-5-8;/h1-5H,6-7H2;1H. The van der Waals surface area contributed by atoms with E-state index in [0.29, 0.717) is 12.5 Å². The van der Waals surface area contributed by atoms with E-state index >= 15 is 0 Å². The Bertz CT molecular complexity index is 177. The van der Waals surface area contributed by atoms with Crippen molar-refractivity contribution in [1.29, 1.82) is 0 Å². The molecule has 62 valence electrons. The summed E-state index contributed by atoms with van der Waals surface area (Å²) in [7, 11) is 0. The second-order valence-corrected chi connectivity index (χ2v) is 2.23. The van der Waals surface area contributed by atoms with Crippen molar-refractivity contribution in [2.45, 2.75) is 0 Å². The fourth-order valence-electron chi connectivity index (χ4n) is 0.673. The monoisotopic (exact) mass is 192 g/mol. The summed E-state index contributed by atoms with van der Waals surface area (Å²) in [5, 5.41) is 0. The highest BCUT2D eigenvalue weighted by molar-refractivity contribution is 6.17. The molecule has 0 spiro atoms. The summed E-state index contributed by atoms with van der Waals surface area (Å²) < 4.78 is 5.22. The van der Waals surface area contributed by atoms with Gasteiger partial charge in [-0.25, -0.2) is 0 Å². The number of alkyl halides is 1. The van der Waals surface area contributed by atoms with E-state index in [-0.39, 0.29) is 12.4 Å². The van der Waals surface area contributed by atoms with Gasteiger partial charge in [0.25, 0.3) is 0 Å². The van der Waals surface area contributed by atoms with Gasteiger partial charge in [-0.1, -0.05) is 18.2 Å². The summed E-state index contributed by atoms with van der Waals surface area (Å²) in [4.78, 5) is 0. The van der Waals surface area contributed by atoms with Crippen molar-refractivity contribution >= 4 is 24.0 Å². The van der Waals surface area contributed by atoms with E-state index < -0.39 is 0 Å². The Balaban J connectivity index is 0.000001000. The number of hydrogen-bond donors (Lipinski definition) is 0. The maximum Gasteiger partial charge on any atom is 0.119 e. The Hall–Kier alpha value is -0.400. The predicted octanol–water partition coefficient (Wildman–Crippen LogP) is 2.73. The first-order chi connectivity index (χ1) is 4.93. The first-order valence-corrected chi connectivity index (χ1v) is 3.71. The SMILES string of the molecule is Cl.ClCCOc1ccccc1. The zero-order valence-corrected chi connectivity index (χ0v) is 7.57. The number of ether oxygens (including phenoxy) is 1. The number of benzene rings is 1. The highest BCUT2D eigenvalue weighted by Gasteiger charge is 1.87. The van der Waals surface area contributed by atoms with Crippen LogP contribution in [0.1, 0.15) is 0 Å². The summed E-state index contributed by atoms with van der Waals surface area (Å²) in [5.41, 5.74) is 0. The molecule has 0 aromatic heterocycles. The van der Waals surface area contributed by atoms with Crippen LogP contribution in [0.3, 0.4) is 0 Å². The molecule has 1 aromatic rings. The van der Waals surface area contributed by atoms with E-state index in [4.69, 9.17) is 16.3 Å². The van der Waals surface area contributed by atoms with Crippen molar-refractivity contribution in [1.82, 2.24) is 0 Å². The number of rotatable bonds is 3. The van der Waals surface area contributed by atoms with Crippen LogP contribution in [0, 0.1) is 0 Å². The van der Waals surface area contributed by atoms with Crippen molar-refractivity contribution in [3.8, 4) is 5.75 Å². The summed E-state index contributed by atoms with van der Waals surface area (Å²) >= 11 is 5.43. The maximum atomic E-state index is 5.43. The van der Waals surface area contributed by atoms with Crippen molar-refractivity contribution in [2.75, 3.05) is 12.5 Å². The first-order valence-electron chi connectivity index (χ1n) is 3.17. The van der Waals surface area contributed by atoms with Gasteiger partial charge in [0.15, 0.2) is 0 Å². The smallest absolute Gasteiger partial charge is 0.119 e. The minimum atomic E-state index is 0. The van der Waals surface area contributed by atoms with E-state index in [1.807, 2.05) is 30.3 Å². The average molecular weight is 193 g/mol. The molecule has 0 heterocycles. The molecule has 0 radical (unpaired) electrons. The second-order valence-electron chi connectivity index (χ2n) is 1.85. The summed E-state index contributed by atoms with van der Waals surface area (Å²) in [6.45, 7) is 0.575. The van der Waals surface area contributed by atoms with Crippen LogP contribution < -0.4 is 4.74 Å². The molecule has 0 aliphatic rings. The number of halogens is 2. The molecular formula is C8H10Cl2O. The van der Waals surface area contributed by atoms with Gasteiger partial charge in [0, 0.05) is 0 Å². The molecule has 0 saturated heterocycles. The molecule has 0 N–H and O–H groups in total. The quantitative estimate of drug-likeness (QED) is 0.670. The van der Waals surface area contributed by atoms with Crippen LogP contribution in [-0.4, -0.2) is 12.5 Å². The third kappa shape index (κ3) is 4.12. The topological polar surface area (TPSA) is 9.23 Å². The molecule has 0 aliphatic heterocycles. The summed E-state index contributed by atoms with van der Waals surface area (Å²) in [6, 6.07) is 9.64. The molecule has 0 fully saturated rings. The third-order valence-electron chi connectivity index (χ3n) is 1.09. The molecule has 1 nitrogen and oxygen atoms in total. The lowest BCUT2D eigenvalue weighted by Crippen LogP contribution is -1.96. The fraction of sp³-hybridized carbons (Fsp3) is 0.250. The van der Waals surface area contributed by atoms with Crippen molar-refractivity contribution in [3.63, 3.8) is 0 Å². The van der Waals surface area contributed by atoms with E-state index in [9.17, 15) is 0 Å². The molecule has 0 aliphatic carbocycles. The van der Waals surface area contributed by atoms with Crippen LogP contribution in [0.4, 0.5) is 0 Å². The van der Waals surface area contributed by atoms with Gasteiger partial charge in [0.1, 0.15) is 12.4 Å². The van der Waals surface area contributed by atoms with Crippen molar-refractivity contribution < 1.29 is 4.74 Å².